The zero-order chi connectivity index (χ0) is 13.7. The largest absolute Gasteiger partial charge is 0.352 e. The molecule has 0 saturated heterocycles. The van der Waals surface area contributed by atoms with E-state index in [2.05, 4.69) is 10.6 Å². The number of hydrogen-bond acceptors (Lipinski definition) is 3. The molecule has 0 bridgehead atoms. The van der Waals surface area contributed by atoms with Crippen LogP contribution in [0.5, 0.6) is 0 Å². The summed E-state index contributed by atoms with van der Waals surface area (Å²) in [6.45, 7) is 0.458. The molecule has 2 aliphatic rings. The fourth-order valence-electron chi connectivity index (χ4n) is 2.78. The van der Waals surface area contributed by atoms with E-state index >= 15 is 0 Å². The molecule has 19 heavy (non-hydrogen) atoms. The van der Waals surface area contributed by atoms with Crippen LogP contribution in [0.1, 0.15) is 51.4 Å². The summed E-state index contributed by atoms with van der Waals surface area (Å²) in [4.78, 5) is 23.9. The van der Waals surface area contributed by atoms with Crippen molar-refractivity contribution in [2.75, 3.05) is 13.1 Å². The van der Waals surface area contributed by atoms with Gasteiger partial charge in [-0.1, -0.05) is 25.7 Å². The molecular formula is C14H25N3O2. The number of nitrogens with two attached hydrogens (primary N) is 1. The molecular weight excluding hydrogens is 242 g/mol. The fourth-order valence-corrected chi connectivity index (χ4v) is 2.78. The predicted molar refractivity (Wildman–Crippen MR) is 73.4 cm³/mol. The molecule has 5 heteroatoms. The molecule has 0 unspecified atom stereocenters. The lowest BCUT2D eigenvalue weighted by molar-refractivity contribution is -0.133. The van der Waals surface area contributed by atoms with E-state index in [9.17, 15) is 9.59 Å². The molecule has 2 rings (SSSR count). The van der Waals surface area contributed by atoms with Crippen LogP contribution in [0.4, 0.5) is 0 Å². The van der Waals surface area contributed by atoms with Crippen molar-refractivity contribution in [1.29, 1.82) is 0 Å². The maximum absolute atomic E-state index is 12.3. The summed E-state index contributed by atoms with van der Waals surface area (Å²) in [5, 5.41) is 5.64. The summed E-state index contributed by atoms with van der Waals surface area (Å²) in [6.07, 6.45) is 8.28. The van der Waals surface area contributed by atoms with E-state index in [0.717, 1.165) is 38.5 Å². The fraction of sp³-hybridized carbons (Fsp3) is 0.857. The molecule has 4 N–H and O–H groups in total. The van der Waals surface area contributed by atoms with Gasteiger partial charge in [0, 0.05) is 12.6 Å². The van der Waals surface area contributed by atoms with Crippen molar-refractivity contribution in [1.82, 2.24) is 10.6 Å². The highest BCUT2D eigenvalue weighted by Crippen LogP contribution is 2.34. The molecule has 2 fully saturated rings. The zero-order valence-electron chi connectivity index (χ0n) is 11.5. The minimum atomic E-state index is -0.448. The third-order valence-electron chi connectivity index (χ3n) is 4.29. The number of hydrogen-bond donors (Lipinski definition) is 3. The topological polar surface area (TPSA) is 84.2 Å². The predicted octanol–water partition coefficient (Wildman–Crippen LogP) is 0.680. The van der Waals surface area contributed by atoms with Crippen molar-refractivity contribution in [3.63, 3.8) is 0 Å². The summed E-state index contributed by atoms with van der Waals surface area (Å²) in [6, 6.07) is 0.339. The quantitative estimate of drug-likeness (QED) is 0.640. The van der Waals surface area contributed by atoms with Crippen molar-refractivity contribution >= 4 is 11.8 Å². The maximum atomic E-state index is 12.3. The van der Waals surface area contributed by atoms with E-state index in [1.54, 1.807) is 0 Å². The van der Waals surface area contributed by atoms with Gasteiger partial charge >= 0.3 is 0 Å². The lowest BCUT2D eigenvalue weighted by Crippen LogP contribution is -2.48. The van der Waals surface area contributed by atoms with Crippen LogP contribution in [-0.4, -0.2) is 30.9 Å². The molecule has 0 atom stereocenters. The Morgan fingerprint density at radius 2 is 1.74 bits per heavy atom. The van der Waals surface area contributed by atoms with Crippen LogP contribution in [-0.2, 0) is 9.59 Å². The van der Waals surface area contributed by atoms with E-state index in [1.807, 2.05) is 0 Å². The maximum Gasteiger partial charge on any atom is 0.239 e. The molecule has 2 aliphatic carbocycles. The van der Waals surface area contributed by atoms with Gasteiger partial charge in [-0.05, 0) is 25.7 Å². The van der Waals surface area contributed by atoms with E-state index in [-0.39, 0.29) is 18.4 Å². The lowest BCUT2D eigenvalue weighted by atomic mass is 9.79. The number of carbonyl (C=O) groups is 2. The first kappa shape index (κ1) is 14.3. The summed E-state index contributed by atoms with van der Waals surface area (Å²) in [5.74, 6) is -0.125. The highest BCUT2D eigenvalue weighted by atomic mass is 16.2. The van der Waals surface area contributed by atoms with Crippen LogP contribution in [0, 0.1) is 5.41 Å². The van der Waals surface area contributed by atoms with Gasteiger partial charge in [0.2, 0.25) is 11.8 Å². The normalized spacial score (nSPS) is 22.4. The first-order valence-corrected chi connectivity index (χ1v) is 7.44. The van der Waals surface area contributed by atoms with Gasteiger partial charge in [-0.2, -0.15) is 0 Å². The summed E-state index contributed by atoms with van der Waals surface area (Å²) in [7, 11) is 0. The van der Waals surface area contributed by atoms with Crippen molar-refractivity contribution < 1.29 is 9.59 Å². The Bertz CT molecular complexity index is 332. The molecule has 0 aromatic carbocycles. The van der Waals surface area contributed by atoms with Crippen LogP contribution in [0.2, 0.25) is 0 Å². The summed E-state index contributed by atoms with van der Waals surface area (Å²) < 4.78 is 0. The van der Waals surface area contributed by atoms with Crippen molar-refractivity contribution in [3.05, 3.63) is 0 Å². The number of carbonyl (C=O) groups excluding carboxylic acids is 2. The van der Waals surface area contributed by atoms with Gasteiger partial charge in [0.15, 0.2) is 0 Å². The first-order chi connectivity index (χ1) is 9.16. The minimum absolute atomic E-state index is 0.0390. The van der Waals surface area contributed by atoms with Gasteiger partial charge in [-0.3, -0.25) is 9.59 Å². The Kier molecular flexibility index (Phi) is 4.80. The number of nitrogens with one attached hydrogen (secondary N) is 2. The van der Waals surface area contributed by atoms with Crippen LogP contribution in [0.25, 0.3) is 0 Å². The van der Waals surface area contributed by atoms with E-state index in [1.165, 1.54) is 12.8 Å². The second kappa shape index (κ2) is 6.37. The van der Waals surface area contributed by atoms with Gasteiger partial charge in [0.05, 0.1) is 12.0 Å². The van der Waals surface area contributed by atoms with Crippen molar-refractivity contribution in [2.24, 2.45) is 11.1 Å². The Hall–Kier alpha value is -1.10. The smallest absolute Gasteiger partial charge is 0.239 e. The Morgan fingerprint density at radius 3 is 2.26 bits per heavy atom. The lowest BCUT2D eigenvalue weighted by Gasteiger charge is -2.29. The Balaban J connectivity index is 1.82. The van der Waals surface area contributed by atoms with E-state index < -0.39 is 5.41 Å². The van der Waals surface area contributed by atoms with Gasteiger partial charge in [-0.15, -0.1) is 0 Å². The second-order valence-corrected chi connectivity index (χ2v) is 5.92. The summed E-state index contributed by atoms with van der Waals surface area (Å²) in [5.41, 5.74) is 5.40. The average molecular weight is 267 g/mol. The van der Waals surface area contributed by atoms with Gasteiger partial charge in [0.1, 0.15) is 0 Å². The average Bonchev–Trinajstić information content (AvgIpc) is 3.22. The Labute approximate surface area is 114 Å². The second-order valence-electron chi connectivity index (χ2n) is 5.92. The van der Waals surface area contributed by atoms with Gasteiger partial charge < -0.3 is 16.4 Å². The number of rotatable bonds is 5. The highest BCUT2D eigenvalue weighted by molar-refractivity contribution is 5.88. The third-order valence-corrected chi connectivity index (χ3v) is 4.29. The molecule has 0 radical (unpaired) electrons. The van der Waals surface area contributed by atoms with Crippen molar-refractivity contribution in [3.8, 4) is 0 Å². The van der Waals surface area contributed by atoms with E-state index in [4.69, 9.17) is 5.73 Å². The zero-order valence-corrected chi connectivity index (χ0v) is 11.5. The Morgan fingerprint density at radius 1 is 1.11 bits per heavy atom. The molecule has 0 heterocycles. The third kappa shape index (κ3) is 3.93. The van der Waals surface area contributed by atoms with Gasteiger partial charge in [-0.25, -0.2) is 0 Å². The molecule has 2 amide bonds. The molecule has 2 saturated carbocycles. The first-order valence-electron chi connectivity index (χ1n) is 7.44. The highest BCUT2D eigenvalue weighted by Gasteiger charge is 2.37. The van der Waals surface area contributed by atoms with Gasteiger partial charge in [0.25, 0.3) is 0 Å². The van der Waals surface area contributed by atoms with Crippen LogP contribution in [0.3, 0.4) is 0 Å². The molecule has 5 nitrogen and oxygen atoms in total. The minimum Gasteiger partial charge on any atom is -0.352 e. The molecule has 0 aliphatic heterocycles. The van der Waals surface area contributed by atoms with E-state index in [0.29, 0.717) is 12.6 Å². The summed E-state index contributed by atoms with van der Waals surface area (Å²) >= 11 is 0. The molecule has 0 spiro atoms. The van der Waals surface area contributed by atoms with Crippen LogP contribution in [0.15, 0.2) is 0 Å². The molecule has 0 aromatic rings. The van der Waals surface area contributed by atoms with Crippen LogP contribution >= 0.6 is 0 Å². The molecule has 0 aromatic heterocycles. The monoisotopic (exact) mass is 267 g/mol. The molecule has 108 valence electrons. The SMILES string of the molecule is NCC1(C(=O)NCC(=O)NC2CC2)CCCCCC1. The standard InChI is InChI=1S/C14H25N3O2/c15-10-14(7-3-1-2-4-8-14)13(19)16-9-12(18)17-11-5-6-11/h11H,1-10,15H2,(H,16,19)(H,17,18). The number of amides is 2. The van der Waals surface area contributed by atoms with Crippen molar-refractivity contribution in [2.45, 2.75) is 57.4 Å². The van der Waals surface area contributed by atoms with Crippen LogP contribution < -0.4 is 16.4 Å².